The molecule has 2 rings (SSSR count). The van der Waals surface area contributed by atoms with E-state index in [-0.39, 0.29) is 0 Å². The van der Waals surface area contributed by atoms with Crippen molar-refractivity contribution < 1.29 is 9.47 Å². The molecule has 0 radical (unpaired) electrons. The SMILES string of the molecule is CNC(CCCC1CCCO1)C1CCCCO1. The Labute approximate surface area is 105 Å². The lowest BCUT2D eigenvalue weighted by Gasteiger charge is -2.30. The van der Waals surface area contributed by atoms with Gasteiger partial charge in [0.05, 0.1) is 12.2 Å². The van der Waals surface area contributed by atoms with Crippen LogP contribution in [0, 0.1) is 0 Å². The van der Waals surface area contributed by atoms with Gasteiger partial charge in [-0.05, 0) is 58.4 Å². The third-order valence-corrected chi connectivity index (χ3v) is 4.10. The zero-order valence-electron chi connectivity index (χ0n) is 11.1. The smallest absolute Gasteiger partial charge is 0.0727 e. The highest BCUT2D eigenvalue weighted by Crippen LogP contribution is 2.22. The van der Waals surface area contributed by atoms with E-state index in [1.807, 2.05) is 0 Å². The predicted octanol–water partition coefficient (Wildman–Crippen LogP) is 2.49. The first-order valence-electron chi connectivity index (χ1n) is 7.30. The third kappa shape index (κ3) is 4.23. The van der Waals surface area contributed by atoms with Gasteiger partial charge >= 0.3 is 0 Å². The third-order valence-electron chi connectivity index (χ3n) is 4.10. The number of likely N-dealkylation sites (N-methyl/N-ethyl adjacent to an activating group) is 1. The molecule has 0 aromatic rings. The van der Waals surface area contributed by atoms with Crippen LogP contribution >= 0.6 is 0 Å². The average Bonchev–Trinajstić information content (AvgIpc) is 2.89. The van der Waals surface area contributed by atoms with E-state index >= 15 is 0 Å². The fraction of sp³-hybridized carbons (Fsp3) is 1.00. The van der Waals surface area contributed by atoms with Gasteiger partial charge in [-0.25, -0.2) is 0 Å². The minimum atomic E-state index is 0.443. The minimum Gasteiger partial charge on any atom is -0.378 e. The summed E-state index contributed by atoms with van der Waals surface area (Å²) in [6, 6.07) is 0.539. The van der Waals surface area contributed by atoms with E-state index in [1.54, 1.807) is 0 Å². The van der Waals surface area contributed by atoms with Crippen molar-refractivity contribution in [3.05, 3.63) is 0 Å². The summed E-state index contributed by atoms with van der Waals surface area (Å²) in [7, 11) is 2.06. The van der Waals surface area contributed by atoms with Crippen molar-refractivity contribution in [1.82, 2.24) is 5.32 Å². The summed E-state index contributed by atoms with van der Waals surface area (Å²) in [6.07, 6.45) is 11.0. The van der Waals surface area contributed by atoms with Gasteiger partial charge in [0.15, 0.2) is 0 Å². The normalized spacial score (nSPS) is 31.6. The Morgan fingerprint density at radius 3 is 2.65 bits per heavy atom. The highest BCUT2D eigenvalue weighted by Gasteiger charge is 2.23. The van der Waals surface area contributed by atoms with Crippen LogP contribution in [0.3, 0.4) is 0 Å². The average molecular weight is 241 g/mol. The molecule has 100 valence electrons. The Kier molecular flexibility index (Phi) is 5.75. The summed E-state index contributed by atoms with van der Waals surface area (Å²) in [4.78, 5) is 0. The van der Waals surface area contributed by atoms with Crippen molar-refractivity contribution in [3.63, 3.8) is 0 Å². The summed E-state index contributed by atoms with van der Waals surface area (Å²) in [5.41, 5.74) is 0. The standard InChI is InChI=1S/C14H27NO2/c1-15-13(14-9-2-3-10-17-14)8-4-6-12-7-5-11-16-12/h12-15H,2-11H2,1H3. The van der Waals surface area contributed by atoms with E-state index in [2.05, 4.69) is 12.4 Å². The highest BCUT2D eigenvalue weighted by molar-refractivity contribution is 4.79. The molecule has 3 atom stereocenters. The minimum absolute atomic E-state index is 0.443. The monoisotopic (exact) mass is 241 g/mol. The Bertz CT molecular complexity index is 198. The molecule has 2 saturated heterocycles. The Morgan fingerprint density at radius 1 is 1.12 bits per heavy atom. The van der Waals surface area contributed by atoms with E-state index in [9.17, 15) is 0 Å². The molecule has 0 aromatic carbocycles. The molecule has 3 unspecified atom stereocenters. The molecular formula is C14H27NO2. The molecule has 0 aliphatic carbocycles. The van der Waals surface area contributed by atoms with Crippen LogP contribution in [-0.2, 0) is 9.47 Å². The van der Waals surface area contributed by atoms with Gasteiger partial charge in [-0.15, -0.1) is 0 Å². The van der Waals surface area contributed by atoms with E-state index < -0.39 is 0 Å². The summed E-state index contributed by atoms with van der Waals surface area (Å²) in [5, 5.41) is 3.43. The van der Waals surface area contributed by atoms with Crippen molar-refractivity contribution in [3.8, 4) is 0 Å². The maximum absolute atomic E-state index is 5.86. The molecule has 0 amide bonds. The molecule has 0 saturated carbocycles. The molecule has 0 spiro atoms. The molecule has 0 bridgehead atoms. The van der Waals surface area contributed by atoms with Crippen molar-refractivity contribution in [2.24, 2.45) is 0 Å². The largest absolute Gasteiger partial charge is 0.378 e. The Hall–Kier alpha value is -0.120. The maximum Gasteiger partial charge on any atom is 0.0727 e. The predicted molar refractivity (Wildman–Crippen MR) is 69.3 cm³/mol. The van der Waals surface area contributed by atoms with Crippen LogP contribution in [0.2, 0.25) is 0 Å². The zero-order chi connectivity index (χ0) is 11.9. The maximum atomic E-state index is 5.86. The first kappa shape index (κ1) is 13.3. The van der Waals surface area contributed by atoms with Gasteiger partial charge in [0.2, 0.25) is 0 Å². The molecule has 3 nitrogen and oxygen atoms in total. The van der Waals surface area contributed by atoms with Crippen molar-refractivity contribution in [2.75, 3.05) is 20.3 Å². The van der Waals surface area contributed by atoms with Crippen LogP contribution in [-0.4, -0.2) is 38.5 Å². The molecular weight excluding hydrogens is 214 g/mol. The second kappa shape index (κ2) is 7.34. The van der Waals surface area contributed by atoms with Gasteiger partial charge in [-0.1, -0.05) is 0 Å². The van der Waals surface area contributed by atoms with Gasteiger partial charge in [0.1, 0.15) is 0 Å². The lowest BCUT2D eigenvalue weighted by molar-refractivity contribution is -0.00897. The number of hydrogen-bond donors (Lipinski definition) is 1. The fourth-order valence-corrected chi connectivity index (χ4v) is 3.04. The zero-order valence-corrected chi connectivity index (χ0v) is 11.1. The van der Waals surface area contributed by atoms with Gasteiger partial charge in [-0.2, -0.15) is 0 Å². The summed E-state index contributed by atoms with van der Waals surface area (Å²) in [6.45, 7) is 1.93. The van der Waals surface area contributed by atoms with Crippen LogP contribution in [0.25, 0.3) is 0 Å². The second-order valence-corrected chi connectivity index (χ2v) is 5.37. The number of rotatable bonds is 6. The molecule has 2 heterocycles. The molecule has 3 heteroatoms. The quantitative estimate of drug-likeness (QED) is 0.775. The van der Waals surface area contributed by atoms with E-state index in [4.69, 9.17) is 9.47 Å². The summed E-state index contributed by atoms with van der Waals surface area (Å²) >= 11 is 0. The molecule has 2 aliphatic heterocycles. The van der Waals surface area contributed by atoms with Gasteiger partial charge in [0.25, 0.3) is 0 Å². The fourth-order valence-electron chi connectivity index (χ4n) is 3.04. The molecule has 2 aliphatic rings. The number of ether oxygens (including phenoxy) is 2. The van der Waals surface area contributed by atoms with Crippen molar-refractivity contribution >= 4 is 0 Å². The van der Waals surface area contributed by atoms with Crippen LogP contribution in [0.4, 0.5) is 0 Å². The van der Waals surface area contributed by atoms with Crippen molar-refractivity contribution in [1.29, 1.82) is 0 Å². The first-order valence-corrected chi connectivity index (χ1v) is 7.30. The highest BCUT2D eigenvalue weighted by atomic mass is 16.5. The van der Waals surface area contributed by atoms with E-state index in [0.29, 0.717) is 18.2 Å². The molecule has 2 fully saturated rings. The van der Waals surface area contributed by atoms with E-state index in [1.165, 1.54) is 51.4 Å². The number of nitrogens with one attached hydrogen (secondary N) is 1. The topological polar surface area (TPSA) is 30.5 Å². The Balaban J connectivity index is 1.63. The summed E-state index contributed by atoms with van der Waals surface area (Å²) in [5.74, 6) is 0. The van der Waals surface area contributed by atoms with Crippen molar-refractivity contribution in [2.45, 2.75) is 69.6 Å². The van der Waals surface area contributed by atoms with Crippen LogP contribution < -0.4 is 5.32 Å². The van der Waals surface area contributed by atoms with Gasteiger partial charge < -0.3 is 14.8 Å². The van der Waals surface area contributed by atoms with E-state index in [0.717, 1.165) is 13.2 Å². The lowest BCUT2D eigenvalue weighted by Crippen LogP contribution is -2.41. The van der Waals surface area contributed by atoms with Crippen LogP contribution in [0.1, 0.15) is 51.4 Å². The first-order chi connectivity index (χ1) is 8.40. The van der Waals surface area contributed by atoms with Crippen LogP contribution in [0.15, 0.2) is 0 Å². The molecule has 0 aromatic heterocycles. The summed E-state index contributed by atoms with van der Waals surface area (Å²) < 4.78 is 11.5. The lowest BCUT2D eigenvalue weighted by atomic mass is 9.96. The molecule has 1 N–H and O–H groups in total. The molecule has 17 heavy (non-hydrogen) atoms. The van der Waals surface area contributed by atoms with Gasteiger partial charge in [0, 0.05) is 19.3 Å². The second-order valence-electron chi connectivity index (χ2n) is 5.37. The Morgan fingerprint density at radius 2 is 2.00 bits per heavy atom. The van der Waals surface area contributed by atoms with Gasteiger partial charge in [-0.3, -0.25) is 0 Å². The van der Waals surface area contributed by atoms with Crippen LogP contribution in [0.5, 0.6) is 0 Å². The number of hydrogen-bond acceptors (Lipinski definition) is 3.